The highest BCUT2D eigenvalue weighted by molar-refractivity contribution is 5.83. The van der Waals surface area contributed by atoms with Gasteiger partial charge in [0, 0.05) is 13.8 Å². The number of hydrogen-bond acceptors (Lipinski definition) is 5. The van der Waals surface area contributed by atoms with Crippen LogP contribution >= 0.6 is 0 Å². The van der Waals surface area contributed by atoms with Gasteiger partial charge in [0.1, 0.15) is 5.60 Å². The molecular weight excluding hydrogens is 379 g/mol. The number of hydrogen-bond donors (Lipinski definition) is 2. The standard InChI is InChI=1S/C18H22F3N3O4/c1-10(2)24-13(15(28-23-24)22-16(26)27-17(3,4)5)14(25)11-6-8-12(9-7-11)18(19,20)21/h6-10,14,25H,1-5H3/p+1. The van der Waals surface area contributed by atoms with Crippen LogP contribution < -0.4 is 10.00 Å². The molecule has 28 heavy (non-hydrogen) atoms. The van der Waals surface area contributed by atoms with Crippen molar-refractivity contribution in [2.75, 3.05) is 5.32 Å². The predicted molar refractivity (Wildman–Crippen MR) is 92.4 cm³/mol. The van der Waals surface area contributed by atoms with Crippen LogP contribution in [0, 0.1) is 0 Å². The van der Waals surface area contributed by atoms with Gasteiger partial charge in [0.25, 0.3) is 0 Å². The molecule has 1 aromatic carbocycles. The summed E-state index contributed by atoms with van der Waals surface area (Å²) in [5.74, 6) is -0.157. The van der Waals surface area contributed by atoms with Gasteiger partial charge in [-0.15, -0.1) is 0 Å². The minimum atomic E-state index is -4.48. The summed E-state index contributed by atoms with van der Waals surface area (Å²) in [5, 5.41) is 16.9. The molecule has 0 bridgehead atoms. The molecule has 0 aliphatic rings. The van der Waals surface area contributed by atoms with E-state index in [1.54, 1.807) is 34.6 Å². The second-order valence-electron chi connectivity index (χ2n) is 7.47. The van der Waals surface area contributed by atoms with Gasteiger partial charge in [-0.2, -0.15) is 13.2 Å². The summed E-state index contributed by atoms with van der Waals surface area (Å²) in [6, 6.07) is 3.79. The molecule has 10 heteroatoms. The molecule has 1 atom stereocenters. The van der Waals surface area contributed by atoms with Crippen LogP contribution in [-0.2, 0) is 10.9 Å². The van der Waals surface area contributed by atoms with Crippen molar-refractivity contribution in [3.8, 4) is 0 Å². The minimum Gasteiger partial charge on any atom is -0.444 e. The summed E-state index contributed by atoms with van der Waals surface area (Å²) in [4.78, 5) is 12.0. The van der Waals surface area contributed by atoms with Crippen LogP contribution in [0.1, 0.15) is 63.6 Å². The van der Waals surface area contributed by atoms with Crippen molar-refractivity contribution in [1.82, 2.24) is 5.27 Å². The lowest BCUT2D eigenvalue weighted by Crippen LogP contribution is -2.43. The molecule has 2 N–H and O–H groups in total. The molecule has 0 aliphatic heterocycles. The molecule has 0 saturated heterocycles. The van der Waals surface area contributed by atoms with Crippen molar-refractivity contribution in [2.45, 2.75) is 58.5 Å². The monoisotopic (exact) mass is 402 g/mol. The maximum atomic E-state index is 12.8. The molecule has 2 aromatic rings. The average Bonchev–Trinajstić information content (AvgIpc) is 2.95. The number of anilines is 1. The number of alkyl halides is 3. The molecule has 1 heterocycles. The molecule has 1 amide bonds. The fourth-order valence-electron chi connectivity index (χ4n) is 2.40. The Morgan fingerprint density at radius 1 is 1.21 bits per heavy atom. The zero-order valence-corrected chi connectivity index (χ0v) is 16.2. The Morgan fingerprint density at radius 2 is 1.79 bits per heavy atom. The summed E-state index contributed by atoms with van der Waals surface area (Å²) >= 11 is 0. The van der Waals surface area contributed by atoms with Gasteiger partial charge in [-0.25, -0.2) is 4.79 Å². The largest absolute Gasteiger partial charge is 0.444 e. The van der Waals surface area contributed by atoms with Crippen molar-refractivity contribution in [1.29, 1.82) is 0 Å². The number of nitrogens with zero attached hydrogens (tertiary/aromatic N) is 2. The number of aliphatic hydroxyl groups excluding tert-OH is 1. The van der Waals surface area contributed by atoms with Crippen LogP contribution in [0.5, 0.6) is 0 Å². The number of amides is 1. The van der Waals surface area contributed by atoms with Crippen molar-refractivity contribution in [3.05, 3.63) is 41.1 Å². The van der Waals surface area contributed by atoms with E-state index in [2.05, 4.69) is 10.6 Å². The third-order valence-corrected chi connectivity index (χ3v) is 3.62. The van der Waals surface area contributed by atoms with Crippen LogP contribution in [-0.4, -0.2) is 22.1 Å². The van der Waals surface area contributed by atoms with E-state index in [9.17, 15) is 23.1 Å². The zero-order valence-electron chi connectivity index (χ0n) is 16.2. The number of carbonyl (C=O) groups excluding carboxylic acids is 1. The molecule has 154 valence electrons. The quantitative estimate of drug-likeness (QED) is 0.755. The smallest absolute Gasteiger partial charge is 0.416 e. The van der Waals surface area contributed by atoms with Gasteiger partial charge < -0.3 is 9.84 Å². The summed E-state index contributed by atoms with van der Waals surface area (Å²) < 4.78 is 49.9. The fourth-order valence-corrected chi connectivity index (χ4v) is 2.40. The number of benzene rings is 1. The van der Waals surface area contributed by atoms with Crippen LogP contribution in [0.15, 0.2) is 28.8 Å². The Hall–Kier alpha value is -2.62. The van der Waals surface area contributed by atoms with Crippen LogP contribution in [0.25, 0.3) is 0 Å². The van der Waals surface area contributed by atoms with E-state index in [1.165, 1.54) is 4.68 Å². The Labute approximate surface area is 160 Å². The fraction of sp³-hybridized carbons (Fsp3) is 0.500. The van der Waals surface area contributed by atoms with Crippen LogP contribution in [0.3, 0.4) is 0 Å². The predicted octanol–water partition coefficient (Wildman–Crippen LogP) is 3.99. The zero-order chi connectivity index (χ0) is 21.3. The van der Waals surface area contributed by atoms with Crippen molar-refractivity contribution < 1.29 is 37.0 Å². The lowest BCUT2D eigenvalue weighted by Gasteiger charge is -2.19. The van der Waals surface area contributed by atoms with E-state index in [0.29, 0.717) is 0 Å². The van der Waals surface area contributed by atoms with Gasteiger partial charge in [0.05, 0.1) is 5.56 Å². The molecule has 1 unspecified atom stereocenters. The van der Waals surface area contributed by atoms with E-state index < -0.39 is 29.5 Å². The van der Waals surface area contributed by atoms with Crippen molar-refractivity contribution in [3.63, 3.8) is 0 Å². The topological polar surface area (TPSA) is 88.5 Å². The number of aliphatic hydroxyl groups is 1. The minimum absolute atomic E-state index is 0.0839. The number of ether oxygens (including phenoxy) is 1. The summed E-state index contributed by atoms with van der Waals surface area (Å²) in [5.41, 5.74) is -1.33. The number of aromatic nitrogens is 2. The molecule has 0 spiro atoms. The SMILES string of the molecule is CC(C)[n+]1noc(NC(=O)OC(C)(C)C)c1C(O)c1ccc(C(F)(F)F)cc1. The summed E-state index contributed by atoms with van der Waals surface area (Å²) in [7, 11) is 0. The van der Waals surface area contributed by atoms with E-state index in [0.717, 1.165) is 24.3 Å². The first-order valence-electron chi connectivity index (χ1n) is 8.56. The Balaban J connectivity index is 2.37. The Morgan fingerprint density at radius 3 is 2.25 bits per heavy atom. The third-order valence-electron chi connectivity index (χ3n) is 3.62. The molecule has 1 aromatic heterocycles. The second kappa shape index (κ2) is 7.78. The lowest BCUT2D eigenvalue weighted by atomic mass is 10.0. The highest BCUT2D eigenvalue weighted by Gasteiger charge is 2.37. The highest BCUT2D eigenvalue weighted by atomic mass is 19.4. The van der Waals surface area contributed by atoms with Gasteiger partial charge in [-0.3, -0.25) is 9.84 Å². The van der Waals surface area contributed by atoms with Gasteiger partial charge in [-0.05, 0) is 43.1 Å². The van der Waals surface area contributed by atoms with Gasteiger partial charge in [0.2, 0.25) is 5.27 Å². The summed E-state index contributed by atoms with van der Waals surface area (Å²) in [6.45, 7) is 8.57. The van der Waals surface area contributed by atoms with Crippen LogP contribution in [0.2, 0.25) is 0 Å². The molecule has 0 radical (unpaired) electrons. The Kier molecular flexibility index (Phi) is 6.03. The average molecular weight is 402 g/mol. The van der Waals surface area contributed by atoms with Gasteiger partial charge in [0.15, 0.2) is 12.1 Å². The molecular formula is C18H23F3N3O4+. The molecule has 0 aliphatic carbocycles. The third kappa shape index (κ3) is 5.22. The first kappa shape index (κ1) is 21.7. The Bertz CT molecular complexity index is 824. The van der Waals surface area contributed by atoms with Gasteiger partial charge in [-0.1, -0.05) is 12.1 Å². The highest BCUT2D eigenvalue weighted by Crippen LogP contribution is 2.32. The maximum Gasteiger partial charge on any atom is 0.416 e. The van der Waals surface area contributed by atoms with Crippen LogP contribution in [0.4, 0.5) is 23.8 Å². The van der Waals surface area contributed by atoms with E-state index in [1.807, 2.05) is 0 Å². The maximum absolute atomic E-state index is 12.8. The number of rotatable bonds is 4. The first-order chi connectivity index (χ1) is 12.8. The lowest BCUT2D eigenvalue weighted by molar-refractivity contribution is -0.787. The molecule has 2 rings (SSSR count). The van der Waals surface area contributed by atoms with Gasteiger partial charge >= 0.3 is 23.8 Å². The van der Waals surface area contributed by atoms with Crippen molar-refractivity contribution in [2.24, 2.45) is 0 Å². The first-order valence-corrected chi connectivity index (χ1v) is 8.56. The number of carbonyl (C=O) groups is 1. The normalized spacial score (nSPS) is 13.5. The molecule has 0 saturated carbocycles. The van der Waals surface area contributed by atoms with Crippen molar-refractivity contribution >= 4 is 12.0 Å². The van der Waals surface area contributed by atoms with E-state index in [4.69, 9.17) is 9.26 Å². The number of halogens is 3. The number of nitrogens with one attached hydrogen (secondary N) is 1. The second-order valence-corrected chi connectivity index (χ2v) is 7.47. The van der Waals surface area contributed by atoms with E-state index in [-0.39, 0.29) is 23.2 Å². The molecule has 0 fully saturated rings. The van der Waals surface area contributed by atoms with E-state index >= 15 is 0 Å². The molecule has 7 nitrogen and oxygen atoms in total. The summed E-state index contributed by atoms with van der Waals surface area (Å²) in [6.07, 6.45) is -6.69.